The van der Waals surface area contributed by atoms with Crippen LogP contribution in [0.1, 0.15) is 30.4 Å². The number of hydrogen-bond donors (Lipinski definition) is 2. The maximum atomic E-state index is 13.3. The van der Waals surface area contributed by atoms with E-state index in [1.807, 2.05) is 0 Å². The van der Waals surface area contributed by atoms with E-state index < -0.39 is 15.8 Å². The highest BCUT2D eigenvalue weighted by atomic mass is 32.2. The molecule has 1 saturated carbocycles. The molecule has 2 atom stereocenters. The second kappa shape index (κ2) is 5.79. The molecule has 0 amide bonds. The van der Waals surface area contributed by atoms with E-state index in [1.54, 1.807) is 13.8 Å². The topological polar surface area (TPSA) is 66.4 Å². The molecular weight excluding hydrogens is 281 g/mol. The van der Waals surface area contributed by atoms with E-state index in [0.29, 0.717) is 11.1 Å². The van der Waals surface area contributed by atoms with E-state index >= 15 is 0 Å². The van der Waals surface area contributed by atoms with Gasteiger partial charge in [0.05, 0.1) is 4.90 Å². The minimum absolute atomic E-state index is 0.0193. The van der Waals surface area contributed by atoms with Crippen molar-refractivity contribution in [2.75, 3.05) is 6.61 Å². The molecule has 0 bridgehead atoms. The lowest BCUT2D eigenvalue weighted by molar-refractivity contribution is 0.213. The summed E-state index contributed by atoms with van der Waals surface area (Å²) in [5.74, 6) is -0.473. The summed E-state index contributed by atoms with van der Waals surface area (Å²) < 4.78 is 40.9. The number of hydrogen-bond acceptors (Lipinski definition) is 3. The first-order valence-corrected chi connectivity index (χ1v) is 8.23. The van der Waals surface area contributed by atoms with Crippen molar-refractivity contribution in [2.45, 2.75) is 44.0 Å². The quantitative estimate of drug-likeness (QED) is 0.892. The Bertz CT molecular complexity index is 577. The Morgan fingerprint density at radius 1 is 1.30 bits per heavy atom. The van der Waals surface area contributed by atoms with Crippen molar-refractivity contribution in [3.63, 3.8) is 0 Å². The third-order valence-electron chi connectivity index (χ3n) is 3.89. The largest absolute Gasteiger partial charge is 0.396 e. The average molecular weight is 301 g/mol. The maximum absolute atomic E-state index is 13.3. The summed E-state index contributed by atoms with van der Waals surface area (Å²) in [7, 11) is -3.69. The lowest BCUT2D eigenvalue weighted by Gasteiger charge is -2.20. The van der Waals surface area contributed by atoms with Gasteiger partial charge in [0.15, 0.2) is 0 Å². The molecular formula is C14H20FNO3S. The number of nitrogens with one attached hydrogen (secondary N) is 1. The monoisotopic (exact) mass is 301 g/mol. The highest BCUT2D eigenvalue weighted by Crippen LogP contribution is 2.28. The molecule has 1 aliphatic carbocycles. The van der Waals surface area contributed by atoms with Gasteiger partial charge in [0.2, 0.25) is 10.0 Å². The van der Waals surface area contributed by atoms with Crippen LogP contribution in [0.15, 0.2) is 17.0 Å². The van der Waals surface area contributed by atoms with Crippen molar-refractivity contribution < 1.29 is 17.9 Å². The van der Waals surface area contributed by atoms with Gasteiger partial charge in [-0.2, -0.15) is 0 Å². The zero-order valence-corrected chi connectivity index (χ0v) is 12.5. The Kier molecular flexibility index (Phi) is 4.46. The molecule has 1 aliphatic rings. The molecule has 0 spiro atoms. The molecule has 0 heterocycles. The first-order chi connectivity index (χ1) is 9.35. The molecule has 1 aromatic rings. The van der Waals surface area contributed by atoms with Crippen LogP contribution < -0.4 is 4.72 Å². The zero-order chi connectivity index (χ0) is 14.9. The number of aryl methyl sites for hydroxylation is 2. The number of rotatable bonds is 4. The smallest absolute Gasteiger partial charge is 0.241 e. The summed E-state index contributed by atoms with van der Waals surface area (Å²) in [4.78, 5) is 0.141. The van der Waals surface area contributed by atoms with Gasteiger partial charge in [-0.05, 0) is 55.9 Å². The third kappa shape index (κ3) is 3.02. The number of halogens is 1. The van der Waals surface area contributed by atoms with Gasteiger partial charge in [-0.3, -0.25) is 0 Å². The minimum atomic E-state index is -3.69. The first-order valence-electron chi connectivity index (χ1n) is 6.75. The van der Waals surface area contributed by atoms with Crippen LogP contribution in [0.2, 0.25) is 0 Å². The SMILES string of the molecule is Cc1cc(F)cc(C)c1S(=O)(=O)NC1CCCC1CO. The van der Waals surface area contributed by atoms with Gasteiger partial charge in [-0.25, -0.2) is 17.5 Å². The lowest BCUT2D eigenvalue weighted by Crippen LogP contribution is -2.39. The van der Waals surface area contributed by atoms with Gasteiger partial charge in [0.1, 0.15) is 5.82 Å². The van der Waals surface area contributed by atoms with Crippen LogP contribution in [-0.4, -0.2) is 26.2 Å². The summed E-state index contributed by atoms with van der Waals surface area (Å²) in [6, 6.07) is 2.20. The fourth-order valence-electron chi connectivity index (χ4n) is 2.99. The second-order valence-corrected chi connectivity index (χ2v) is 7.12. The average Bonchev–Trinajstić information content (AvgIpc) is 2.73. The van der Waals surface area contributed by atoms with E-state index in [4.69, 9.17) is 0 Å². The Hall–Kier alpha value is -0.980. The predicted octanol–water partition coefficient (Wildman–Crippen LogP) is 1.88. The molecule has 1 aromatic carbocycles. The molecule has 2 rings (SSSR count). The van der Waals surface area contributed by atoms with Crippen molar-refractivity contribution in [3.8, 4) is 0 Å². The summed E-state index contributed by atoms with van der Waals surface area (Å²) >= 11 is 0. The predicted molar refractivity (Wildman–Crippen MR) is 74.4 cm³/mol. The maximum Gasteiger partial charge on any atom is 0.241 e. The van der Waals surface area contributed by atoms with Crippen molar-refractivity contribution >= 4 is 10.0 Å². The van der Waals surface area contributed by atoms with Crippen LogP contribution in [0.3, 0.4) is 0 Å². The lowest BCUT2D eigenvalue weighted by atomic mass is 10.1. The van der Waals surface area contributed by atoms with Gasteiger partial charge in [0, 0.05) is 12.6 Å². The van der Waals surface area contributed by atoms with Crippen molar-refractivity contribution in [1.82, 2.24) is 4.72 Å². The zero-order valence-electron chi connectivity index (χ0n) is 11.7. The first kappa shape index (κ1) is 15.4. The molecule has 6 heteroatoms. The Morgan fingerprint density at radius 2 is 1.90 bits per heavy atom. The highest BCUT2D eigenvalue weighted by Gasteiger charge is 2.32. The van der Waals surface area contributed by atoms with Crippen molar-refractivity contribution in [1.29, 1.82) is 0 Å². The molecule has 4 nitrogen and oxygen atoms in total. The van der Waals surface area contributed by atoms with Crippen LogP contribution in [0.25, 0.3) is 0 Å². The molecule has 20 heavy (non-hydrogen) atoms. The van der Waals surface area contributed by atoms with Crippen molar-refractivity contribution in [3.05, 3.63) is 29.1 Å². The Morgan fingerprint density at radius 3 is 2.45 bits per heavy atom. The molecule has 0 aliphatic heterocycles. The van der Waals surface area contributed by atoms with Crippen LogP contribution in [0, 0.1) is 25.6 Å². The van der Waals surface area contributed by atoms with Crippen LogP contribution in [-0.2, 0) is 10.0 Å². The number of sulfonamides is 1. The Labute approximate surface area is 119 Å². The normalized spacial score (nSPS) is 23.2. The highest BCUT2D eigenvalue weighted by molar-refractivity contribution is 7.89. The number of aliphatic hydroxyl groups is 1. The van der Waals surface area contributed by atoms with Crippen LogP contribution in [0.5, 0.6) is 0 Å². The third-order valence-corrected chi connectivity index (χ3v) is 5.69. The van der Waals surface area contributed by atoms with E-state index in [1.165, 1.54) is 12.1 Å². The van der Waals surface area contributed by atoms with Gasteiger partial charge >= 0.3 is 0 Å². The second-order valence-electron chi connectivity index (χ2n) is 5.47. The number of benzene rings is 1. The molecule has 1 fully saturated rings. The summed E-state index contributed by atoms with van der Waals surface area (Å²) in [6.07, 6.45) is 2.45. The van der Waals surface area contributed by atoms with Gasteiger partial charge < -0.3 is 5.11 Å². The minimum Gasteiger partial charge on any atom is -0.396 e. The van der Waals surface area contributed by atoms with Gasteiger partial charge in [0.25, 0.3) is 0 Å². The van der Waals surface area contributed by atoms with Gasteiger partial charge in [-0.15, -0.1) is 0 Å². The molecule has 2 N–H and O–H groups in total. The van der Waals surface area contributed by atoms with E-state index in [0.717, 1.165) is 19.3 Å². The molecule has 0 radical (unpaired) electrons. The molecule has 2 unspecified atom stereocenters. The summed E-state index contributed by atoms with van der Waals surface area (Å²) in [5.41, 5.74) is 0.794. The van der Waals surface area contributed by atoms with E-state index in [2.05, 4.69) is 4.72 Å². The van der Waals surface area contributed by atoms with Crippen molar-refractivity contribution in [2.24, 2.45) is 5.92 Å². The van der Waals surface area contributed by atoms with Crippen LogP contribution >= 0.6 is 0 Å². The summed E-state index contributed by atoms with van der Waals surface area (Å²) in [6.45, 7) is 3.15. The fraction of sp³-hybridized carbons (Fsp3) is 0.571. The molecule has 0 saturated heterocycles. The standard InChI is InChI=1S/C14H20FNO3S/c1-9-6-12(15)7-10(2)14(9)20(18,19)16-13-5-3-4-11(13)8-17/h6-7,11,13,16-17H,3-5,8H2,1-2H3. The summed E-state index contributed by atoms with van der Waals surface area (Å²) in [5, 5.41) is 9.27. The van der Waals surface area contributed by atoms with E-state index in [-0.39, 0.29) is 23.5 Å². The fourth-order valence-corrected chi connectivity index (χ4v) is 4.78. The van der Waals surface area contributed by atoms with Gasteiger partial charge in [-0.1, -0.05) is 6.42 Å². The molecule has 0 aromatic heterocycles. The Balaban J connectivity index is 2.32. The number of aliphatic hydroxyl groups excluding tert-OH is 1. The molecule has 112 valence electrons. The van der Waals surface area contributed by atoms with E-state index in [9.17, 15) is 17.9 Å². The van der Waals surface area contributed by atoms with Crippen LogP contribution in [0.4, 0.5) is 4.39 Å².